The van der Waals surface area contributed by atoms with Crippen molar-refractivity contribution in [1.82, 2.24) is 25.3 Å². The Morgan fingerprint density at radius 1 is 0.654 bits per heavy atom. The first-order valence-electron chi connectivity index (χ1n) is 26.6. The van der Waals surface area contributed by atoms with E-state index >= 15 is 0 Å². The number of nitriles is 2. The van der Waals surface area contributed by atoms with E-state index in [1.807, 2.05) is 40.1 Å². The number of carbonyl (C=O) groups is 2. The molecule has 6 aromatic heterocycles. The molecule has 2 saturated carbocycles. The molecule has 10 heterocycles. The Bertz CT molecular complexity index is 3820. The molecule has 6 fully saturated rings. The second-order valence-electron chi connectivity index (χ2n) is 20.9. The third kappa shape index (κ3) is 10.3. The number of aromatic carboxylic acids is 1. The summed E-state index contributed by atoms with van der Waals surface area (Å²) in [4.78, 5) is 45.1. The lowest BCUT2D eigenvalue weighted by molar-refractivity contribution is 0.0689. The highest BCUT2D eigenvalue weighted by Gasteiger charge is 2.55. The van der Waals surface area contributed by atoms with Gasteiger partial charge in [-0.15, -0.1) is 0 Å². The number of halogens is 2. The fourth-order valence-electron chi connectivity index (χ4n) is 11.4. The van der Waals surface area contributed by atoms with Gasteiger partial charge < -0.3 is 53.7 Å². The van der Waals surface area contributed by atoms with Crippen LogP contribution in [0, 0.1) is 46.3 Å². The van der Waals surface area contributed by atoms with Crippen LogP contribution in [0.25, 0.3) is 67.1 Å². The molecule has 8 aromatic rings. The Labute approximate surface area is 462 Å². The molecule has 0 spiro atoms. The van der Waals surface area contributed by atoms with Crippen molar-refractivity contribution in [3.8, 4) is 68.5 Å². The highest BCUT2D eigenvalue weighted by molar-refractivity contribution is 5.96. The van der Waals surface area contributed by atoms with Crippen LogP contribution in [0.15, 0.2) is 106 Å². The van der Waals surface area contributed by atoms with E-state index in [0.29, 0.717) is 137 Å². The summed E-state index contributed by atoms with van der Waals surface area (Å²) in [6.07, 6.45) is 5.45. The molecule has 4 unspecified atom stereocenters. The zero-order valence-electron chi connectivity index (χ0n) is 44.1. The molecule has 6 atom stereocenters. The van der Waals surface area contributed by atoms with Gasteiger partial charge >= 0.3 is 5.97 Å². The number of carboxylic acid groups (broad SMARTS) is 1. The fourth-order valence-corrected chi connectivity index (χ4v) is 11.4. The van der Waals surface area contributed by atoms with Crippen molar-refractivity contribution in [3.63, 3.8) is 0 Å². The Morgan fingerprint density at radius 3 is 1.54 bits per heavy atom. The summed E-state index contributed by atoms with van der Waals surface area (Å²) in [7, 11) is 2.97. The first kappa shape index (κ1) is 52.7. The van der Waals surface area contributed by atoms with Crippen LogP contribution in [0.2, 0.25) is 0 Å². The number of amides is 1. The normalized spacial score (nSPS) is 22.9. The summed E-state index contributed by atoms with van der Waals surface area (Å²) in [5, 5.41) is 31.8. The topological polar surface area (TPSA) is 261 Å². The number of carbonyl (C=O) groups excluding carboxylic acids is 1. The van der Waals surface area contributed by atoms with Crippen LogP contribution in [0.5, 0.6) is 11.5 Å². The van der Waals surface area contributed by atoms with E-state index < -0.39 is 18.3 Å². The van der Waals surface area contributed by atoms with Crippen molar-refractivity contribution >= 4 is 45.5 Å². The quantitative estimate of drug-likeness (QED) is 0.109. The summed E-state index contributed by atoms with van der Waals surface area (Å²) < 4.78 is 61.3. The van der Waals surface area contributed by atoms with Gasteiger partial charge in [0.1, 0.15) is 64.2 Å². The minimum absolute atomic E-state index is 0.139. The molecular formula is C60H54F2N10O9. The zero-order chi connectivity index (χ0) is 56.1. The van der Waals surface area contributed by atoms with Gasteiger partial charge in [-0.2, -0.15) is 10.5 Å². The Balaban J connectivity index is 0.000000144. The van der Waals surface area contributed by atoms with Gasteiger partial charge in [0.05, 0.1) is 74.3 Å². The van der Waals surface area contributed by atoms with Gasteiger partial charge in [0.15, 0.2) is 16.9 Å². The SMILES string of the molecule is COc1cc(C(=O)NC2C3COCC32)ncc1-c1cc2nccc(-c3ccc(N4CC[C@H](F)C4)c(C#N)c3)c2o1.COc1cc(C(=O)O)ncc1-c1cc2nccc(-c3ccc(N4CC[C@H](F)C4)c(C#N)c3)c2o1.NC1C2COCC12. The third-order valence-electron chi connectivity index (χ3n) is 16.0. The van der Waals surface area contributed by atoms with Gasteiger partial charge in [0, 0.05) is 122 Å². The molecule has 14 rings (SSSR count). The van der Waals surface area contributed by atoms with E-state index in [0.717, 1.165) is 53.0 Å². The average Bonchev–Trinajstić information content (AvgIpc) is 4.29. The van der Waals surface area contributed by atoms with Gasteiger partial charge in [0.2, 0.25) is 0 Å². The van der Waals surface area contributed by atoms with Crippen molar-refractivity contribution < 1.29 is 51.3 Å². The molecule has 21 heteroatoms. The summed E-state index contributed by atoms with van der Waals surface area (Å²) in [6, 6.07) is 26.3. The predicted molar refractivity (Wildman–Crippen MR) is 293 cm³/mol. The predicted octanol–water partition coefficient (Wildman–Crippen LogP) is 8.63. The van der Waals surface area contributed by atoms with Gasteiger partial charge in [-0.05, 0) is 60.4 Å². The van der Waals surface area contributed by atoms with E-state index in [1.54, 1.807) is 55.0 Å². The number of anilines is 2. The first-order chi connectivity index (χ1) is 39.4. The van der Waals surface area contributed by atoms with E-state index in [9.17, 15) is 34.0 Å². The third-order valence-corrected chi connectivity index (χ3v) is 16.0. The maximum atomic E-state index is 13.8. The van der Waals surface area contributed by atoms with E-state index in [2.05, 4.69) is 37.4 Å². The maximum Gasteiger partial charge on any atom is 0.354 e. The second kappa shape index (κ2) is 21.9. The van der Waals surface area contributed by atoms with Crippen LogP contribution >= 0.6 is 0 Å². The minimum atomic E-state index is -1.16. The molecule has 2 aromatic carbocycles. The molecule has 1 amide bonds. The lowest BCUT2D eigenvalue weighted by Gasteiger charge is -2.19. The largest absolute Gasteiger partial charge is 0.496 e. The lowest BCUT2D eigenvalue weighted by Crippen LogP contribution is -2.30. The van der Waals surface area contributed by atoms with Crippen LogP contribution in [0.4, 0.5) is 20.2 Å². The van der Waals surface area contributed by atoms with Crippen molar-refractivity contribution in [2.24, 2.45) is 29.4 Å². The number of nitrogens with one attached hydrogen (secondary N) is 1. The molecule has 4 aliphatic heterocycles. The number of methoxy groups -OCH3 is 2. The standard InChI is InChI=1S/C30H26FN5O4.C25H19FN4O4.C5H9NO/c1-38-26-10-24(30(37)35-28-21-14-39-15-22(21)28)34-12-20(26)27-9-23-29(40-27)19(4-6-33-23)16-2-3-25(17(8-16)11-32)36-7-5-18(31)13-36;1-33-22-10-20(25(31)32)29-12-18(22)23-9-19-24(34-23)17(4-6-28-19)14-2-3-21(15(8-14)11-27)30-7-5-16(26)13-30;6-5-3-1-7-2-4(3)5/h2-4,6,8-10,12,18,21-22,28H,5,7,13-15H2,1H3,(H,35,37);2-4,6,8-10,12,16H,5,7,13H2,1H3,(H,31,32);3-5H,1-2,6H2/t18-,21?,22?,28?;16-;/m00./s1. The Hall–Kier alpha value is -9.02. The number of furan rings is 2. The molecular weight excluding hydrogens is 1040 g/mol. The van der Waals surface area contributed by atoms with Gasteiger partial charge in [-0.1, -0.05) is 12.1 Å². The summed E-state index contributed by atoms with van der Waals surface area (Å²) in [5.74, 6) is 2.52. The van der Waals surface area contributed by atoms with Gasteiger partial charge in [-0.3, -0.25) is 19.7 Å². The van der Waals surface area contributed by atoms with E-state index in [4.69, 9.17) is 33.5 Å². The number of rotatable bonds is 11. The monoisotopic (exact) mass is 1100 g/mol. The number of pyridine rings is 4. The highest BCUT2D eigenvalue weighted by Crippen LogP contribution is 2.45. The molecule has 4 saturated heterocycles. The summed E-state index contributed by atoms with van der Waals surface area (Å²) in [6.45, 7) is 4.96. The van der Waals surface area contributed by atoms with Gasteiger partial charge in [-0.25, -0.2) is 18.6 Å². The number of nitrogens with zero attached hydrogens (tertiary/aromatic N) is 8. The van der Waals surface area contributed by atoms with Crippen LogP contribution in [-0.4, -0.2) is 128 Å². The number of fused-ring (bicyclic) bond motifs is 4. The number of ether oxygens (including phenoxy) is 4. The summed E-state index contributed by atoms with van der Waals surface area (Å²) >= 11 is 0. The Kier molecular flexibility index (Phi) is 14.2. The number of aromatic nitrogens is 4. The molecule has 4 N–H and O–H groups in total. The number of hydrogen-bond donors (Lipinski definition) is 3. The van der Waals surface area contributed by atoms with Crippen molar-refractivity contribution in [2.45, 2.75) is 37.3 Å². The number of alkyl halides is 2. The molecule has 0 radical (unpaired) electrons. The molecule has 81 heavy (non-hydrogen) atoms. The molecule has 412 valence electrons. The average molecular weight is 1100 g/mol. The number of nitrogens with two attached hydrogens (primary N) is 1. The molecule has 2 aliphatic carbocycles. The maximum absolute atomic E-state index is 13.8. The smallest absolute Gasteiger partial charge is 0.354 e. The van der Waals surface area contributed by atoms with E-state index in [-0.39, 0.29) is 29.9 Å². The molecule has 0 bridgehead atoms. The fraction of sp³-hybridized carbons (Fsp3) is 0.333. The van der Waals surface area contributed by atoms with Crippen LogP contribution in [-0.2, 0) is 9.47 Å². The van der Waals surface area contributed by atoms with Gasteiger partial charge in [0.25, 0.3) is 5.91 Å². The Morgan fingerprint density at radius 2 is 1.12 bits per heavy atom. The lowest BCUT2D eigenvalue weighted by atomic mass is 10.0. The molecule has 6 aliphatic rings. The molecule has 19 nitrogen and oxygen atoms in total. The number of hydrogen-bond acceptors (Lipinski definition) is 17. The van der Waals surface area contributed by atoms with Crippen molar-refractivity contribution in [2.75, 3.05) is 76.6 Å². The van der Waals surface area contributed by atoms with E-state index in [1.165, 1.54) is 26.5 Å². The number of carboxylic acids is 1. The first-order valence-corrected chi connectivity index (χ1v) is 26.6. The van der Waals surface area contributed by atoms with Crippen LogP contribution in [0.1, 0.15) is 44.9 Å². The zero-order valence-corrected chi connectivity index (χ0v) is 44.1. The number of benzene rings is 2. The van der Waals surface area contributed by atoms with Crippen LogP contribution < -0.4 is 30.3 Å². The summed E-state index contributed by atoms with van der Waals surface area (Å²) in [5.41, 5.74) is 14.5. The van der Waals surface area contributed by atoms with Crippen LogP contribution in [0.3, 0.4) is 0 Å². The van der Waals surface area contributed by atoms with Crippen molar-refractivity contribution in [1.29, 1.82) is 10.5 Å². The highest BCUT2D eigenvalue weighted by atomic mass is 19.1. The second-order valence-corrected chi connectivity index (χ2v) is 20.9. The van der Waals surface area contributed by atoms with Crippen molar-refractivity contribution in [3.05, 3.63) is 120 Å². The minimum Gasteiger partial charge on any atom is -0.496 e.